The Morgan fingerprint density at radius 3 is 2.88 bits per heavy atom. The second-order valence-electron chi connectivity index (χ2n) is 3.56. The van der Waals surface area contributed by atoms with E-state index in [-0.39, 0.29) is 5.75 Å². The number of methoxy groups -OCH3 is 1. The van der Waals surface area contributed by atoms with Crippen molar-refractivity contribution in [3.8, 4) is 11.5 Å². The van der Waals surface area contributed by atoms with Gasteiger partial charge in [-0.1, -0.05) is 6.07 Å². The molecule has 2 rings (SSSR count). The fourth-order valence-corrected chi connectivity index (χ4v) is 1.94. The number of anilines is 1. The number of ether oxygens (including phenoxy) is 1. The minimum absolute atomic E-state index is 0.141. The highest BCUT2D eigenvalue weighted by Gasteiger charge is 2.05. The molecule has 6 heteroatoms. The van der Waals surface area contributed by atoms with E-state index in [1.807, 2.05) is 13.0 Å². The monoisotopic (exact) mass is 251 g/mol. The van der Waals surface area contributed by atoms with Crippen molar-refractivity contribution in [2.75, 3.05) is 12.4 Å². The third-order valence-corrected chi connectivity index (χ3v) is 2.98. The normalized spacial score (nSPS) is 10.2. The van der Waals surface area contributed by atoms with E-state index in [4.69, 9.17) is 4.74 Å². The molecule has 0 aliphatic carbocycles. The van der Waals surface area contributed by atoms with E-state index in [1.165, 1.54) is 18.8 Å². The van der Waals surface area contributed by atoms with Crippen LogP contribution in [0.5, 0.6) is 11.5 Å². The summed E-state index contributed by atoms with van der Waals surface area (Å²) < 4.78 is 13.3. The number of nitrogens with one attached hydrogen (secondary N) is 1. The fraction of sp³-hybridized carbons (Fsp3) is 0.273. The lowest BCUT2D eigenvalue weighted by molar-refractivity contribution is 0.373. The zero-order valence-electron chi connectivity index (χ0n) is 9.60. The number of phenols is 1. The van der Waals surface area contributed by atoms with Crippen LogP contribution in [0.4, 0.5) is 5.82 Å². The van der Waals surface area contributed by atoms with Gasteiger partial charge in [-0.3, -0.25) is 0 Å². The van der Waals surface area contributed by atoms with Gasteiger partial charge in [-0.15, -0.1) is 0 Å². The van der Waals surface area contributed by atoms with Gasteiger partial charge < -0.3 is 15.2 Å². The van der Waals surface area contributed by atoms with Crippen molar-refractivity contribution in [1.82, 2.24) is 8.75 Å². The summed E-state index contributed by atoms with van der Waals surface area (Å²) in [4.78, 5) is 0. The van der Waals surface area contributed by atoms with Gasteiger partial charge in [0.05, 0.1) is 24.5 Å². The molecule has 0 bridgehead atoms. The largest absolute Gasteiger partial charge is 0.504 e. The number of nitrogens with zero attached hydrogens (tertiary/aromatic N) is 2. The Morgan fingerprint density at radius 2 is 2.24 bits per heavy atom. The number of benzene rings is 1. The summed E-state index contributed by atoms with van der Waals surface area (Å²) in [5.74, 6) is 1.40. The first-order valence-electron chi connectivity index (χ1n) is 5.09. The first kappa shape index (κ1) is 11.7. The van der Waals surface area contributed by atoms with Gasteiger partial charge in [-0.25, -0.2) is 0 Å². The van der Waals surface area contributed by atoms with Crippen molar-refractivity contribution in [3.63, 3.8) is 0 Å². The Labute approximate surface area is 103 Å². The quantitative estimate of drug-likeness (QED) is 0.871. The summed E-state index contributed by atoms with van der Waals surface area (Å²) in [6, 6.07) is 5.24. The molecule has 0 spiro atoms. The van der Waals surface area contributed by atoms with Gasteiger partial charge in [0, 0.05) is 6.54 Å². The fourth-order valence-electron chi connectivity index (χ4n) is 1.41. The molecule has 0 fully saturated rings. The van der Waals surface area contributed by atoms with Gasteiger partial charge in [0.25, 0.3) is 0 Å². The summed E-state index contributed by atoms with van der Waals surface area (Å²) in [7, 11) is 1.53. The number of hydrogen-bond acceptors (Lipinski definition) is 6. The molecule has 1 aromatic heterocycles. The molecule has 0 saturated carbocycles. The van der Waals surface area contributed by atoms with Crippen molar-refractivity contribution in [1.29, 1.82) is 0 Å². The highest BCUT2D eigenvalue weighted by Crippen LogP contribution is 2.26. The predicted octanol–water partition coefficient (Wildman–Crippen LogP) is 2.17. The molecule has 0 aliphatic rings. The molecular weight excluding hydrogens is 238 g/mol. The number of rotatable bonds is 4. The predicted molar refractivity (Wildman–Crippen MR) is 66.6 cm³/mol. The molecule has 0 atom stereocenters. The molecule has 0 aliphatic heterocycles. The van der Waals surface area contributed by atoms with Crippen molar-refractivity contribution in [3.05, 3.63) is 29.5 Å². The number of phenolic OH excluding ortho intramolecular Hbond substituents is 1. The van der Waals surface area contributed by atoms with Crippen LogP contribution in [0.2, 0.25) is 0 Å². The lowest BCUT2D eigenvalue weighted by Crippen LogP contribution is -2.01. The molecule has 0 radical (unpaired) electrons. The molecular formula is C11H13N3O2S. The van der Waals surface area contributed by atoms with Crippen LogP contribution in [-0.4, -0.2) is 21.0 Å². The average molecular weight is 251 g/mol. The van der Waals surface area contributed by atoms with Crippen LogP contribution in [0.25, 0.3) is 0 Å². The van der Waals surface area contributed by atoms with Crippen molar-refractivity contribution >= 4 is 17.5 Å². The van der Waals surface area contributed by atoms with E-state index in [1.54, 1.807) is 12.1 Å². The van der Waals surface area contributed by atoms with Crippen LogP contribution in [0.1, 0.15) is 11.3 Å². The third-order valence-electron chi connectivity index (χ3n) is 2.36. The summed E-state index contributed by atoms with van der Waals surface area (Å²) in [6.07, 6.45) is 0. The molecule has 0 unspecified atom stereocenters. The van der Waals surface area contributed by atoms with Gasteiger partial charge in [0.2, 0.25) is 0 Å². The van der Waals surface area contributed by atoms with Crippen LogP contribution in [0, 0.1) is 6.92 Å². The van der Waals surface area contributed by atoms with Crippen LogP contribution in [0.3, 0.4) is 0 Å². The Balaban J connectivity index is 2.07. The molecule has 2 N–H and O–H groups in total. The molecule has 17 heavy (non-hydrogen) atoms. The Morgan fingerprint density at radius 1 is 1.41 bits per heavy atom. The lowest BCUT2D eigenvalue weighted by Gasteiger charge is -2.07. The zero-order valence-corrected chi connectivity index (χ0v) is 10.4. The lowest BCUT2D eigenvalue weighted by atomic mass is 10.2. The topological polar surface area (TPSA) is 67.3 Å². The number of aryl methyl sites for hydroxylation is 1. The van der Waals surface area contributed by atoms with Gasteiger partial charge in [0.1, 0.15) is 0 Å². The molecule has 1 heterocycles. The van der Waals surface area contributed by atoms with Gasteiger partial charge in [0.15, 0.2) is 17.3 Å². The van der Waals surface area contributed by atoms with E-state index in [0.717, 1.165) is 17.1 Å². The van der Waals surface area contributed by atoms with Crippen molar-refractivity contribution in [2.45, 2.75) is 13.5 Å². The smallest absolute Gasteiger partial charge is 0.163 e. The Hall–Kier alpha value is -1.82. The van der Waals surface area contributed by atoms with Gasteiger partial charge >= 0.3 is 0 Å². The summed E-state index contributed by atoms with van der Waals surface area (Å²) in [6.45, 7) is 2.52. The maximum absolute atomic E-state index is 9.47. The summed E-state index contributed by atoms with van der Waals surface area (Å²) in [5, 5.41) is 12.6. The SMILES string of the molecule is COc1cc(CNc2nsnc2C)ccc1O. The average Bonchev–Trinajstić information content (AvgIpc) is 2.74. The third kappa shape index (κ3) is 2.65. The molecule has 1 aromatic carbocycles. The number of aromatic nitrogens is 2. The van der Waals surface area contributed by atoms with Crippen LogP contribution < -0.4 is 10.1 Å². The number of hydrogen-bond donors (Lipinski definition) is 2. The highest BCUT2D eigenvalue weighted by atomic mass is 32.1. The molecule has 5 nitrogen and oxygen atoms in total. The standard InChI is InChI=1S/C11H13N3O2S/c1-7-11(14-17-13-7)12-6-8-3-4-9(15)10(5-8)16-2/h3-5,15H,6H2,1-2H3,(H,12,14). The molecule has 90 valence electrons. The van der Waals surface area contributed by atoms with Crippen LogP contribution in [-0.2, 0) is 6.54 Å². The minimum Gasteiger partial charge on any atom is -0.504 e. The van der Waals surface area contributed by atoms with Crippen LogP contribution >= 0.6 is 11.7 Å². The van der Waals surface area contributed by atoms with Gasteiger partial charge in [-0.2, -0.15) is 8.75 Å². The van der Waals surface area contributed by atoms with E-state index in [2.05, 4.69) is 14.1 Å². The first-order valence-corrected chi connectivity index (χ1v) is 5.82. The van der Waals surface area contributed by atoms with E-state index < -0.39 is 0 Å². The maximum atomic E-state index is 9.47. The molecule has 0 amide bonds. The van der Waals surface area contributed by atoms with E-state index in [9.17, 15) is 5.11 Å². The minimum atomic E-state index is 0.141. The Bertz CT molecular complexity index is 513. The van der Waals surface area contributed by atoms with Crippen molar-refractivity contribution < 1.29 is 9.84 Å². The first-order chi connectivity index (χ1) is 8.20. The molecule has 0 saturated heterocycles. The Kier molecular flexibility index (Phi) is 3.43. The van der Waals surface area contributed by atoms with Crippen molar-refractivity contribution in [2.24, 2.45) is 0 Å². The highest BCUT2D eigenvalue weighted by molar-refractivity contribution is 6.99. The summed E-state index contributed by atoms with van der Waals surface area (Å²) in [5.41, 5.74) is 1.90. The molecule has 2 aromatic rings. The second-order valence-corrected chi connectivity index (χ2v) is 4.09. The van der Waals surface area contributed by atoms with E-state index >= 15 is 0 Å². The maximum Gasteiger partial charge on any atom is 0.163 e. The summed E-state index contributed by atoms with van der Waals surface area (Å²) >= 11 is 1.18. The second kappa shape index (κ2) is 5.01. The van der Waals surface area contributed by atoms with E-state index in [0.29, 0.717) is 12.3 Å². The van der Waals surface area contributed by atoms with Crippen LogP contribution in [0.15, 0.2) is 18.2 Å². The zero-order chi connectivity index (χ0) is 12.3. The number of aromatic hydroxyl groups is 1. The van der Waals surface area contributed by atoms with Gasteiger partial charge in [-0.05, 0) is 24.6 Å².